The summed E-state index contributed by atoms with van der Waals surface area (Å²) in [4.78, 5) is 18.2. The van der Waals surface area contributed by atoms with E-state index in [0.717, 1.165) is 29.2 Å². The van der Waals surface area contributed by atoms with E-state index in [-0.39, 0.29) is 5.91 Å². The van der Waals surface area contributed by atoms with Gasteiger partial charge in [-0.2, -0.15) is 0 Å². The number of aryl methyl sites for hydroxylation is 3. The molecular weight excluding hydrogens is 282 g/mol. The van der Waals surface area contributed by atoms with Crippen LogP contribution in [0.25, 0.3) is 0 Å². The molecule has 1 aromatic carbocycles. The quantitative estimate of drug-likeness (QED) is 0.910. The Morgan fingerprint density at radius 1 is 1.29 bits per heavy atom. The van der Waals surface area contributed by atoms with Crippen LogP contribution in [0.5, 0.6) is 0 Å². The Hall–Kier alpha value is -1.88. The Morgan fingerprint density at radius 3 is 2.81 bits per heavy atom. The van der Waals surface area contributed by atoms with Crippen molar-refractivity contribution in [2.24, 2.45) is 0 Å². The molecule has 110 valence electrons. The third kappa shape index (κ3) is 2.93. The first-order chi connectivity index (χ1) is 10.2. The van der Waals surface area contributed by atoms with Gasteiger partial charge in [0.2, 0.25) is 0 Å². The van der Waals surface area contributed by atoms with Crippen LogP contribution in [-0.4, -0.2) is 17.9 Å². The van der Waals surface area contributed by atoms with Crippen LogP contribution in [0.15, 0.2) is 18.2 Å². The molecule has 0 atom stereocenters. The first-order valence-electron chi connectivity index (χ1n) is 7.25. The van der Waals surface area contributed by atoms with Gasteiger partial charge < -0.3 is 5.32 Å². The normalized spacial score (nSPS) is 13.6. The molecule has 1 heterocycles. The zero-order valence-electron chi connectivity index (χ0n) is 12.3. The average molecular weight is 301 g/mol. The van der Waals surface area contributed by atoms with Gasteiger partial charge in [0.05, 0.1) is 5.69 Å². The standard InChI is InChI=1S/C16H19N3OS/c1-10-9-11(7-8-12(10)17-2)15(20)19-16-18-13-5-3-4-6-14(13)21-16/h7-9,17H,3-6H2,1-2H3,(H,18,19,20). The number of nitrogens with zero attached hydrogens (tertiary/aromatic N) is 1. The summed E-state index contributed by atoms with van der Waals surface area (Å²) in [6.45, 7) is 1.99. The number of thiazole rings is 1. The van der Waals surface area contributed by atoms with Gasteiger partial charge in [-0.05, 0) is 56.4 Å². The Morgan fingerprint density at radius 2 is 2.10 bits per heavy atom. The summed E-state index contributed by atoms with van der Waals surface area (Å²) in [5, 5.41) is 6.75. The van der Waals surface area contributed by atoms with Gasteiger partial charge in [0, 0.05) is 23.2 Å². The zero-order valence-corrected chi connectivity index (χ0v) is 13.1. The number of benzene rings is 1. The van der Waals surface area contributed by atoms with Gasteiger partial charge in [-0.25, -0.2) is 4.98 Å². The van der Waals surface area contributed by atoms with E-state index in [1.165, 1.54) is 23.4 Å². The fourth-order valence-electron chi connectivity index (χ4n) is 2.66. The molecule has 0 aliphatic heterocycles. The number of fused-ring (bicyclic) bond motifs is 1. The minimum absolute atomic E-state index is 0.0909. The van der Waals surface area contributed by atoms with E-state index in [1.54, 1.807) is 11.3 Å². The van der Waals surface area contributed by atoms with Crippen molar-refractivity contribution in [1.29, 1.82) is 0 Å². The topological polar surface area (TPSA) is 54.0 Å². The molecule has 0 saturated heterocycles. The van der Waals surface area contributed by atoms with Crippen molar-refractivity contribution in [3.05, 3.63) is 39.9 Å². The number of rotatable bonds is 3. The molecule has 1 amide bonds. The number of aromatic nitrogens is 1. The lowest BCUT2D eigenvalue weighted by atomic mass is 10.0. The van der Waals surface area contributed by atoms with E-state index in [4.69, 9.17) is 0 Å². The number of nitrogens with one attached hydrogen (secondary N) is 2. The first kappa shape index (κ1) is 14.1. The van der Waals surface area contributed by atoms with E-state index in [2.05, 4.69) is 15.6 Å². The number of hydrogen-bond acceptors (Lipinski definition) is 4. The molecule has 0 bridgehead atoms. The highest BCUT2D eigenvalue weighted by Crippen LogP contribution is 2.29. The minimum Gasteiger partial charge on any atom is -0.388 e. The summed E-state index contributed by atoms with van der Waals surface area (Å²) in [6.07, 6.45) is 4.57. The summed E-state index contributed by atoms with van der Waals surface area (Å²) >= 11 is 1.61. The van der Waals surface area contributed by atoms with Gasteiger partial charge in [0.25, 0.3) is 5.91 Å². The molecule has 3 rings (SSSR count). The summed E-state index contributed by atoms with van der Waals surface area (Å²) in [5.74, 6) is -0.0909. The van der Waals surface area contributed by atoms with Gasteiger partial charge in [0.1, 0.15) is 0 Å². The van der Waals surface area contributed by atoms with Gasteiger partial charge in [0.15, 0.2) is 5.13 Å². The van der Waals surface area contributed by atoms with E-state index in [9.17, 15) is 4.79 Å². The number of hydrogen-bond donors (Lipinski definition) is 2. The number of amides is 1. The van der Waals surface area contributed by atoms with Crippen molar-refractivity contribution < 1.29 is 4.79 Å². The Balaban J connectivity index is 1.76. The largest absolute Gasteiger partial charge is 0.388 e. The van der Waals surface area contributed by atoms with E-state index in [0.29, 0.717) is 5.56 Å². The van der Waals surface area contributed by atoms with Gasteiger partial charge in [-0.3, -0.25) is 10.1 Å². The predicted octanol–water partition coefficient (Wildman–Crippen LogP) is 3.62. The number of carbonyl (C=O) groups is 1. The lowest BCUT2D eigenvalue weighted by Gasteiger charge is -2.07. The van der Waals surface area contributed by atoms with Gasteiger partial charge >= 0.3 is 0 Å². The molecule has 4 nitrogen and oxygen atoms in total. The molecule has 1 aliphatic rings. The maximum absolute atomic E-state index is 12.3. The van der Waals surface area contributed by atoms with Crippen LogP contribution in [0, 0.1) is 6.92 Å². The monoisotopic (exact) mass is 301 g/mol. The molecule has 0 radical (unpaired) electrons. The third-order valence-electron chi connectivity index (χ3n) is 3.82. The maximum Gasteiger partial charge on any atom is 0.257 e. The van der Waals surface area contributed by atoms with Crippen LogP contribution in [-0.2, 0) is 12.8 Å². The fraction of sp³-hybridized carbons (Fsp3) is 0.375. The molecule has 0 fully saturated rings. The molecule has 1 aromatic heterocycles. The highest BCUT2D eigenvalue weighted by molar-refractivity contribution is 7.15. The fourth-order valence-corrected chi connectivity index (χ4v) is 3.71. The highest BCUT2D eigenvalue weighted by Gasteiger charge is 2.17. The maximum atomic E-state index is 12.3. The predicted molar refractivity (Wildman–Crippen MR) is 87.4 cm³/mol. The van der Waals surface area contributed by atoms with E-state index < -0.39 is 0 Å². The molecule has 0 saturated carbocycles. The van der Waals surface area contributed by atoms with Gasteiger partial charge in [-0.15, -0.1) is 11.3 Å². The molecule has 2 aromatic rings. The van der Waals surface area contributed by atoms with Crippen LogP contribution in [0.3, 0.4) is 0 Å². The summed E-state index contributed by atoms with van der Waals surface area (Å²) in [5.41, 5.74) is 3.93. The van der Waals surface area contributed by atoms with Crippen LogP contribution in [0.4, 0.5) is 10.8 Å². The van der Waals surface area contributed by atoms with Crippen molar-refractivity contribution in [2.45, 2.75) is 32.6 Å². The summed E-state index contributed by atoms with van der Waals surface area (Å²) in [6, 6.07) is 5.66. The second-order valence-corrected chi connectivity index (χ2v) is 6.41. The van der Waals surface area contributed by atoms with Crippen molar-refractivity contribution in [1.82, 2.24) is 4.98 Å². The second-order valence-electron chi connectivity index (χ2n) is 5.33. The van der Waals surface area contributed by atoms with E-state index in [1.807, 2.05) is 32.2 Å². The minimum atomic E-state index is -0.0909. The van der Waals surface area contributed by atoms with Crippen molar-refractivity contribution in [3.8, 4) is 0 Å². The molecule has 5 heteroatoms. The van der Waals surface area contributed by atoms with Crippen LogP contribution >= 0.6 is 11.3 Å². The summed E-state index contributed by atoms with van der Waals surface area (Å²) < 4.78 is 0. The van der Waals surface area contributed by atoms with Crippen LogP contribution in [0.1, 0.15) is 39.3 Å². The van der Waals surface area contributed by atoms with Crippen molar-refractivity contribution in [3.63, 3.8) is 0 Å². The molecule has 0 unspecified atom stereocenters. The van der Waals surface area contributed by atoms with E-state index >= 15 is 0 Å². The Bertz CT molecular complexity index is 655. The zero-order chi connectivity index (χ0) is 14.8. The lowest BCUT2D eigenvalue weighted by Crippen LogP contribution is -2.12. The van der Waals surface area contributed by atoms with Gasteiger partial charge in [-0.1, -0.05) is 0 Å². The average Bonchev–Trinajstić information content (AvgIpc) is 2.89. The molecule has 21 heavy (non-hydrogen) atoms. The first-order valence-corrected chi connectivity index (χ1v) is 8.07. The summed E-state index contributed by atoms with van der Waals surface area (Å²) in [7, 11) is 1.88. The molecule has 0 spiro atoms. The highest BCUT2D eigenvalue weighted by atomic mass is 32.1. The second kappa shape index (κ2) is 5.85. The van der Waals surface area contributed by atoms with Crippen LogP contribution in [0.2, 0.25) is 0 Å². The SMILES string of the molecule is CNc1ccc(C(=O)Nc2nc3c(s2)CCCC3)cc1C. The number of carbonyl (C=O) groups excluding carboxylic acids is 1. The van der Waals surface area contributed by atoms with Crippen molar-refractivity contribution >= 4 is 28.1 Å². The van der Waals surface area contributed by atoms with Crippen molar-refractivity contribution in [2.75, 3.05) is 17.7 Å². The molecule has 1 aliphatic carbocycles. The smallest absolute Gasteiger partial charge is 0.257 e. The molecular formula is C16H19N3OS. The lowest BCUT2D eigenvalue weighted by molar-refractivity contribution is 0.102. The Labute approximate surface area is 128 Å². The number of anilines is 2. The Kier molecular flexibility index (Phi) is 3.92. The molecule has 2 N–H and O–H groups in total. The van der Waals surface area contributed by atoms with Crippen LogP contribution < -0.4 is 10.6 Å². The third-order valence-corrected chi connectivity index (χ3v) is 4.90.